The van der Waals surface area contributed by atoms with Gasteiger partial charge in [-0.15, -0.1) is 0 Å². The van der Waals surface area contributed by atoms with Gasteiger partial charge in [-0.3, -0.25) is 13.9 Å². The lowest BCUT2D eigenvalue weighted by atomic mass is 10.1. The molecule has 8 nitrogen and oxygen atoms in total. The standard InChI is InChI=1S/C32H40ClN3O5S/c1-6-24(5)34-32(38)28(7-2)35(21-25-13-11-12-23(4)20-25)31(37)22-36(29-14-9-10-15-30(29)41-8-3)42(39,40)27-18-16-26(33)17-19-27/h9-20,24,28H,6-8,21-22H2,1-5H3,(H,34,38). The number of carbonyl (C=O) groups is 2. The van der Waals surface area contributed by atoms with E-state index >= 15 is 0 Å². The minimum atomic E-state index is -4.25. The van der Waals surface area contributed by atoms with E-state index in [0.717, 1.165) is 21.9 Å². The van der Waals surface area contributed by atoms with E-state index in [9.17, 15) is 18.0 Å². The summed E-state index contributed by atoms with van der Waals surface area (Å²) in [5.74, 6) is -0.488. The van der Waals surface area contributed by atoms with Crippen LogP contribution < -0.4 is 14.4 Å². The number of halogens is 1. The maximum Gasteiger partial charge on any atom is 0.264 e. The highest BCUT2D eigenvalue weighted by atomic mass is 35.5. The summed E-state index contributed by atoms with van der Waals surface area (Å²) in [5.41, 5.74) is 2.06. The van der Waals surface area contributed by atoms with Gasteiger partial charge in [0.05, 0.1) is 17.2 Å². The van der Waals surface area contributed by atoms with Gasteiger partial charge in [-0.1, -0.05) is 67.4 Å². The van der Waals surface area contributed by atoms with Crippen LogP contribution in [0.2, 0.25) is 5.02 Å². The largest absolute Gasteiger partial charge is 0.492 e. The van der Waals surface area contributed by atoms with Crippen LogP contribution in [0, 0.1) is 6.92 Å². The maximum atomic E-state index is 14.3. The van der Waals surface area contributed by atoms with Gasteiger partial charge >= 0.3 is 0 Å². The predicted molar refractivity (Wildman–Crippen MR) is 167 cm³/mol. The Kier molecular flexibility index (Phi) is 11.8. The van der Waals surface area contributed by atoms with Crippen LogP contribution in [0.1, 0.15) is 51.7 Å². The second kappa shape index (κ2) is 15.1. The van der Waals surface area contributed by atoms with Crippen molar-refractivity contribution in [3.8, 4) is 5.75 Å². The number of rotatable bonds is 14. The van der Waals surface area contributed by atoms with E-state index in [0.29, 0.717) is 23.8 Å². The first-order valence-corrected chi connectivity index (χ1v) is 16.0. The van der Waals surface area contributed by atoms with Gasteiger partial charge in [-0.25, -0.2) is 8.42 Å². The lowest BCUT2D eigenvalue weighted by Gasteiger charge is -2.34. The van der Waals surface area contributed by atoms with Crippen molar-refractivity contribution in [1.82, 2.24) is 10.2 Å². The van der Waals surface area contributed by atoms with Gasteiger partial charge in [0, 0.05) is 17.6 Å². The summed E-state index contributed by atoms with van der Waals surface area (Å²) in [4.78, 5) is 29.1. The molecule has 0 spiro atoms. The average molecular weight is 614 g/mol. The molecule has 226 valence electrons. The normalized spacial score (nSPS) is 12.7. The number of nitrogens with one attached hydrogen (secondary N) is 1. The third kappa shape index (κ3) is 8.26. The van der Waals surface area contributed by atoms with Gasteiger partial charge in [-0.05, 0) is 75.6 Å². The second-order valence-corrected chi connectivity index (χ2v) is 12.4. The summed E-state index contributed by atoms with van der Waals surface area (Å²) in [6.45, 7) is 9.35. The van der Waals surface area contributed by atoms with Gasteiger partial charge in [0.15, 0.2) is 0 Å². The van der Waals surface area contributed by atoms with E-state index in [4.69, 9.17) is 16.3 Å². The van der Waals surface area contributed by atoms with Crippen molar-refractivity contribution >= 4 is 39.1 Å². The fourth-order valence-corrected chi connectivity index (χ4v) is 6.11. The van der Waals surface area contributed by atoms with Crippen LogP contribution >= 0.6 is 11.6 Å². The van der Waals surface area contributed by atoms with Crippen LogP contribution in [-0.4, -0.2) is 50.4 Å². The number of hydrogen-bond donors (Lipinski definition) is 1. The Balaban J connectivity index is 2.11. The van der Waals surface area contributed by atoms with Gasteiger partial charge in [-0.2, -0.15) is 0 Å². The third-order valence-electron chi connectivity index (χ3n) is 6.94. The fraction of sp³-hybridized carbons (Fsp3) is 0.375. The number of hydrogen-bond acceptors (Lipinski definition) is 5. The topological polar surface area (TPSA) is 96.0 Å². The molecule has 2 atom stereocenters. The molecule has 42 heavy (non-hydrogen) atoms. The molecule has 0 fully saturated rings. The Morgan fingerprint density at radius 1 is 0.952 bits per heavy atom. The quantitative estimate of drug-likeness (QED) is 0.242. The highest BCUT2D eigenvalue weighted by molar-refractivity contribution is 7.92. The van der Waals surface area contributed by atoms with Crippen molar-refractivity contribution < 1.29 is 22.7 Å². The molecule has 0 aliphatic carbocycles. The molecule has 0 aliphatic heterocycles. The lowest BCUT2D eigenvalue weighted by Crippen LogP contribution is -2.53. The molecule has 2 unspecified atom stereocenters. The molecular weight excluding hydrogens is 574 g/mol. The first-order chi connectivity index (χ1) is 20.0. The monoisotopic (exact) mass is 613 g/mol. The number of amides is 2. The SMILES string of the molecule is CCOc1ccccc1N(CC(=O)N(Cc1cccc(C)c1)C(CC)C(=O)NC(C)CC)S(=O)(=O)c1ccc(Cl)cc1. The molecule has 0 bridgehead atoms. The summed E-state index contributed by atoms with van der Waals surface area (Å²) < 4.78 is 35.0. The Hall–Kier alpha value is -3.56. The van der Waals surface area contributed by atoms with Gasteiger partial charge < -0.3 is 15.0 Å². The fourth-order valence-electron chi connectivity index (χ4n) is 4.56. The molecule has 3 aromatic rings. The van der Waals surface area contributed by atoms with Crippen LogP contribution in [0.3, 0.4) is 0 Å². The van der Waals surface area contributed by atoms with Crippen LogP contribution in [-0.2, 0) is 26.2 Å². The van der Waals surface area contributed by atoms with Crippen molar-refractivity contribution in [2.75, 3.05) is 17.5 Å². The van der Waals surface area contributed by atoms with Crippen LogP contribution in [0.25, 0.3) is 0 Å². The summed E-state index contributed by atoms with van der Waals surface area (Å²) >= 11 is 6.04. The zero-order valence-electron chi connectivity index (χ0n) is 24.8. The molecule has 1 N–H and O–H groups in total. The summed E-state index contributed by atoms with van der Waals surface area (Å²) in [6, 6.07) is 19.2. The highest BCUT2D eigenvalue weighted by Gasteiger charge is 2.35. The number of aryl methyl sites for hydroxylation is 1. The van der Waals surface area contributed by atoms with Crippen molar-refractivity contribution in [2.24, 2.45) is 0 Å². The molecule has 3 aromatic carbocycles. The summed E-state index contributed by atoms with van der Waals surface area (Å²) in [6.07, 6.45) is 1.08. The maximum absolute atomic E-state index is 14.3. The minimum absolute atomic E-state index is 0.0298. The van der Waals surface area contributed by atoms with Crippen molar-refractivity contribution in [3.05, 3.63) is 88.9 Å². The van der Waals surface area contributed by atoms with Crippen LogP contribution in [0.4, 0.5) is 5.69 Å². The minimum Gasteiger partial charge on any atom is -0.492 e. The van der Waals surface area contributed by atoms with Crippen molar-refractivity contribution in [2.45, 2.75) is 71.0 Å². The number of ether oxygens (including phenoxy) is 1. The molecule has 0 saturated heterocycles. The molecule has 0 saturated carbocycles. The van der Waals surface area contributed by atoms with Gasteiger partial charge in [0.1, 0.15) is 18.3 Å². The van der Waals surface area contributed by atoms with E-state index in [-0.39, 0.29) is 29.1 Å². The molecule has 0 heterocycles. The first kappa shape index (κ1) is 32.9. The Labute approximate surface area is 254 Å². The zero-order valence-corrected chi connectivity index (χ0v) is 26.4. The van der Waals surface area contributed by atoms with Crippen LogP contribution in [0.15, 0.2) is 77.7 Å². The molecular formula is C32H40ClN3O5S. The van der Waals surface area contributed by atoms with Gasteiger partial charge in [0.25, 0.3) is 10.0 Å². The molecule has 10 heteroatoms. The Morgan fingerprint density at radius 2 is 1.64 bits per heavy atom. The average Bonchev–Trinajstić information content (AvgIpc) is 2.96. The number of anilines is 1. The van der Waals surface area contributed by atoms with E-state index in [1.165, 1.54) is 29.2 Å². The number of nitrogens with zero attached hydrogens (tertiary/aromatic N) is 2. The zero-order chi connectivity index (χ0) is 30.9. The number of sulfonamides is 1. The molecule has 0 aromatic heterocycles. The van der Waals surface area contributed by atoms with Crippen molar-refractivity contribution in [3.63, 3.8) is 0 Å². The highest BCUT2D eigenvalue weighted by Crippen LogP contribution is 2.33. The molecule has 0 radical (unpaired) electrons. The van der Waals surface area contributed by atoms with E-state index in [1.807, 2.05) is 52.0 Å². The van der Waals surface area contributed by atoms with Crippen LogP contribution in [0.5, 0.6) is 5.75 Å². The second-order valence-electron chi connectivity index (χ2n) is 10.1. The first-order valence-electron chi connectivity index (χ1n) is 14.2. The predicted octanol–water partition coefficient (Wildman–Crippen LogP) is 5.96. The lowest BCUT2D eigenvalue weighted by molar-refractivity contribution is -0.140. The van der Waals surface area contributed by atoms with E-state index in [1.54, 1.807) is 31.2 Å². The Morgan fingerprint density at radius 3 is 2.26 bits per heavy atom. The summed E-state index contributed by atoms with van der Waals surface area (Å²) in [5, 5.41) is 3.37. The molecule has 2 amide bonds. The molecule has 3 rings (SSSR count). The van der Waals surface area contributed by atoms with Crippen molar-refractivity contribution in [1.29, 1.82) is 0 Å². The van der Waals surface area contributed by atoms with Gasteiger partial charge in [0.2, 0.25) is 11.8 Å². The number of para-hydroxylation sites is 2. The van der Waals surface area contributed by atoms with E-state index < -0.39 is 28.5 Å². The Bertz CT molecular complexity index is 1460. The smallest absolute Gasteiger partial charge is 0.264 e. The van der Waals surface area contributed by atoms with E-state index in [2.05, 4.69) is 5.32 Å². The summed E-state index contributed by atoms with van der Waals surface area (Å²) in [7, 11) is -4.25. The third-order valence-corrected chi connectivity index (χ3v) is 8.96. The number of benzene rings is 3. The molecule has 0 aliphatic rings. The number of carbonyl (C=O) groups excluding carboxylic acids is 2.